The third-order valence-electron chi connectivity index (χ3n) is 3.32. The number of carbonyl (C=O) groups is 1. The Morgan fingerprint density at radius 1 is 1.12 bits per heavy atom. The van der Waals surface area contributed by atoms with Crippen LogP contribution in [0.25, 0.3) is 0 Å². The second-order valence-electron chi connectivity index (χ2n) is 5.12. The van der Waals surface area contributed by atoms with Gasteiger partial charge in [-0.25, -0.2) is 4.98 Å². The van der Waals surface area contributed by atoms with Crippen LogP contribution in [-0.4, -0.2) is 15.5 Å². The lowest BCUT2D eigenvalue weighted by atomic mass is 10.2. The Morgan fingerprint density at radius 2 is 1.92 bits per heavy atom. The van der Waals surface area contributed by atoms with E-state index in [-0.39, 0.29) is 11.5 Å². The van der Waals surface area contributed by atoms with Gasteiger partial charge in [-0.2, -0.15) is 0 Å². The maximum Gasteiger partial charge on any atom is 0.255 e. The van der Waals surface area contributed by atoms with Gasteiger partial charge in [0, 0.05) is 42.8 Å². The van der Waals surface area contributed by atoms with E-state index >= 15 is 0 Å². The standard InChI is InChI=1S/C18H15N3O3/c1-21-10-8-13(11-17(21)22)18(23)20-14-7-9-19-16(12-14)24-15-5-3-2-4-6-15/h2-12H,1H3,(H,19,20,23). The second kappa shape index (κ2) is 6.78. The van der Waals surface area contributed by atoms with Crippen molar-refractivity contribution >= 4 is 11.6 Å². The zero-order chi connectivity index (χ0) is 16.9. The summed E-state index contributed by atoms with van der Waals surface area (Å²) in [5.41, 5.74) is 0.576. The number of anilines is 1. The summed E-state index contributed by atoms with van der Waals surface area (Å²) in [5, 5.41) is 2.72. The SMILES string of the molecule is Cn1ccc(C(=O)Nc2ccnc(Oc3ccccc3)c2)cc1=O. The molecular formula is C18H15N3O3. The number of nitrogens with zero attached hydrogens (tertiary/aromatic N) is 2. The highest BCUT2D eigenvalue weighted by molar-refractivity contribution is 6.04. The molecule has 0 atom stereocenters. The predicted molar refractivity (Wildman–Crippen MR) is 90.4 cm³/mol. The first-order chi connectivity index (χ1) is 11.6. The smallest absolute Gasteiger partial charge is 0.255 e. The van der Waals surface area contributed by atoms with Crippen molar-refractivity contribution in [3.05, 3.63) is 82.9 Å². The van der Waals surface area contributed by atoms with Crippen LogP contribution in [-0.2, 0) is 7.05 Å². The molecule has 0 spiro atoms. The largest absolute Gasteiger partial charge is 0.439 e. The van der Waals surface area contributed by atoms with Gasteiger partial charge in [0.25, 0.3) is 11.5 Å². The number of aromatic nitrogens is 2. The lowest BCUT2D eigenvalue weighted by molar-refractivity contribution is 0.102. The normalized spacial score (nSPS) is 10.2. The van der Waals surface area contributed by atoms with E-state index in [1.807, 2.05) is 30.3 Å². The van der Waals surface area contributed by atoms with Crippen molar-refractivity contribution in [2.24, 2.45) is 7.05 Å². The molecule has 120 valence electrons. The maximum atomic E-state index is 12.2. The van der Waals surface area contributed by atoms with Crippen molar-refractivity contribution in [1.29, 1.82) is 0 Å². The first-order valence-electron chi connectivity index (χ1n) is 7.29. The van der Waals surface area contributed by atoms with Crippen LogP contribution >= 0.6 is 0 Å². The average Bonchev–Trinajstić information content (AvgIpc) is 2.58. The fourth-order valence-electron chi connectivity index (χ4n) is 2.05. The molecule has 0 bridgehead atoms. The summed E-state index contributed by atoms with van der Waals surface area (Å²) in [6.45, 7) is 0. The van der Waals surface area contributed by atoms with Gasteiger partial charge in [-0.15, -0.1) is 0 Å². The number of hydrogen-bond donors (Lipinski definition) is 1. The van der Waals surface area contributed by atoms with E-state index in [4.69, 9.17) is 4.74 Å². The van der Waals surface area contributed by atoms with Crippen LogP contribution in [0.2, 0.25) is 0 Å². The second-order valence-corrected chi connectivity index (χ2v) is 5.12. The van der Waals surface area contributed by atoms with Gasteiger partial charge in [-0.1, -0.05) is 18.2 Å². The van der Waals surface area contributed by atoms with Crippen molar-refractivity contribution in [2.75, 3.05) is 5.32 Å². The summed E-state index contributed by atoms with van der Waals surface area (Å²) in [7, 11) is 1.63. The number of benzene rings is 1. The molecule has 1 amide bonds. The molecule has 0 radical (unpaired) electrons. The van der Waals surface area contributed by atoms with E-state index in [0.717, 1.165) is 0 Å². The molecule has 24 heavy (non-hydrogen) atoms. The average molecular weight is 321 g/mol. The van der Waals surface area contributed by atoms with Gasteiger partial charge >= 0.3 is 0 Å². The number of rotatable bonds is 4. The Balaban J connectivity index is 1.75. The van der Waals surface area contributed by atoms with Crippen LogP contribution < -0.4 is 15.6 Å². The fourth-order valence-corrected chi connectivity index (χ4v) is 2.05. The van der Waals surface area contributed by atoms with Crippen molar-refractivity contribution in [2.45, 2.75) is 0 Å². The number of pyridine rings is 2. The molecule has 0 aliphatic heterocycles. The molecule has 2 aromatic heterocycles. The number of aryl methyl sites for hydroxylation is 1. The third kappa shape index (κ3) is 3.67. The van der Waals surface area contributed by atoms with Crippen LogP contribution in [0.15, 0.2) is 71.8 Å². The Bertz CT molecular complexity index is 920. The zero-order valence-electron chi connectivity index (χ0n) is 13.0. The molecule has 0 aliphatic carbocycles. The van der Waals surface area contributed by atoms with Gasteiger partial charge in [-0.3, -0.25) is 9.59 Å². The van der Waals surface area contributed by atoms with Gasteiger partial charge in [0.1, 0.15) is 5.75 Å². The molecule has 0 unspecified atom stereocenters. The summed E-state index contributed by atoms with van der Waals surface area (Å²) in [5.74, 6) is 0.646. The van der Waals surface area contributed by atoms with E-state index < -0.39 is 0 Å². The molecule has 0 saturated carbocycles. The molecular weight excluding hydrogens is 306 g/mol. The molecule has 3 aromatic rings. The number of carbonyl (C=O) groups excluding carboxylic acids is 1. The van der Waals surface area contributed by atoms with Crippen LogP contribution in [0.5, 0.6) is 11.6 Å². The number of nitrogens with one attached hydrogen (secondary N) is 1. The number of amides is 1. The first kappa shape index (κ1) is 15.5. The van der Waals surface area contributed by atoms with Crippen molar-refractivity contribution in [3.8, 4) is 11.6 Å². The monoisotopic (exact) mass is 321 g/mol. The molecule has 1 N–H and O–H groups in total. The predicted octanol–water partition coefficient (Wildman–Crippen LogP) is 2.82. The molecule has 6 nitrogen and oxygen atoms in total. The molecule has 2 heterocycles. The van der Waals surface area contributed by atoms with E-state index in [2.05, 4.69) is 10.3 Å². The molecule has 3 rings (SSSR count). The quantitative estimate of drug-likeness (QED) is 0.802. The molecule has 1 aromatic carbocycles. The van der Waals surface area contributed by atoms with Gasteiger partial charge in [0.2, 0.25) is 5.88 Å². The van der Waals surface area contributed by atoms with Crippen LogP contribution in [0, 0.1) is 0 Å². The molecule has 0 aliphatic rings. The fraction of sp³-hybridized carbons (Fsp3) is 0.0556. The molecule has 0 saturated heterocycles. The van der Waals surface area contributed by atoms with Crippen molar-refractivity contribution in [3.63, 3.8) is 0 Å². The minimum atomic E-state index is -0.371. The lowest BCUT2D eigenvalue weighted by Crippen LogP contribution is -2.20. The van der Waals surface area contributed by atoms with Crippen molar-refractivity contribution < 1.29 is 9.53 Å². The minimum Gasteiger partial charge on any atom is -0.439 e. The summed E-state index contributed by atoms with van der Waals surface area (Å²) >= 11 is 0. The van der Waals surface area contributed by atoms with E-state index in [0.29, 0.717) is 22.9 Å². The lowest BCUT2D eigenvalue weighted by Gasteiger charge is -2.08. The van der Waals surface area contributed by atoms with Crippen LogP contribution in [0.3, 0.4) is 0 Å². The van der Waals surface area contributed by atoms with Gasteiger partial charge < -0.3 is 14.6 Å². The topological polar surface area (TPSA) is 73.2 Å². The van der Waals surface area contributed by atoms with E-state index in [1.165, 1.54) is 16.8 Å². The number of para-hydroxylation sites is 1. The number of hydrogen-bond acceptors (Lipinski definition) is 4. The molecule has 0 fully saturated rings. The van der Waals surface area contributed by atoms with Gasteiger partial charge in [-0.05, 0) is 24.3 Å². The Hall–Kier alpha value is -3.41. The van der Waals surface area contributed by atoms with Crippen LogP contribution in [0.1, 0.15) is 10.4 Å². The third-order valence-corrected chi connectivity index (χ3v) is 3.32. The summed E-state index contributed by atoms with van der Waals surface area (Å²) < 4.78 is 7.02. The first-order valence-corrected chi connectivity index (χ1v) is 7.29. The summed E-state index contributed by atoms with van der Waals surface area (Å²) in [6.07, 6.45) is 3.09. The Labute approximate surface area is 138 Å². The van der Waals surface area contributed by atoms with Gasteiger partial charge in [0.15, 0.2) is 0 Å². The Morgan fingerprint density at radius 3 is 2.67 bits per heavy atom. The van der Waals surface area contributed by atoms with Crippen LogP contribution in [0.4, 0.5) is 5.69 Å². The minimum absolute atomic E-state index is 0.245. The summed E-state index contributed by atoms with van der Waals surface area (Å²) in [4.78, 5) is 27.9. The van der Waals surface area contributed by atoms with E-state index in [9.17, 15) is 9.59 Å². The highest BCUT2D eigenvalue weighted by Crippen LogP contribution is 2.21. The highest BCUT2D eigenvalue weighted by atomic mass is 16.5. The van der Waals surface area contributed by atoms with Gasteiger partial charge in [0.05, 0.1) is 0 Å². The zero-order valence-corrected chi connectivity index (χ0v) is 13.0. The number of ether oxygens (including phenoxy) is 1. The van der Waals surface area contributed by atoms with E-state index in [1.54, 1.807) is 31.4 Å². The summed E-state index contributed by atoms with van der Waals surface area (Å²) in [6, 6.07) is 15.4. The highest BCUT2D eigenvalue weighted by Gasteiger charge is 2.08. The molecule has 6 heteroatoms. The maximum absolute atomic E-state index is 12.2. The van der Waals surface area contributed by atoms with Crippen molar-refractivity contribution in [1.82, 2.24) is 9.55 Å². The Kier molecular flexibility index (Phi) is 4.38.